The molecule has 7 heteroatoms. The van der Waals surface area contributed by atoms with Gasteiger partial charge in [0.2, 0.25) is 5.89 Å². The highest BCUT2D eigenvalue weighted by atomic mass is 16.5. The smallest absolute Gasteiger partial charge is 0.243 e. The Labute approximate surface area is 136 Å². The molecule has 0 saturated heterocycles. The molecule has 0 saturated carbocycles. The number of hydrogen-bond donors (Lipinski definition) is 1. The maximum absolute atomic E-state index is 5.39. The number of nitrogens with one attached hydrogen (secondary N) is 1. The fraction of sp³-hybridized carbons (Fsp3) is 0.750. The summed E-state index contributed by atoms with van der Waals surface area (Å²) in [7, 11) is 0. The van der Waals surface area contributed by atoms with E-state index in [0.29, 0.717) is 5.89 Å². The molecule has 3 rings (SSSR count). The van der Waals surface area contributed by atoms with Crippen molar-refractivity contribution in [1.82, 2.24) is 30.2 Å². The van der Waals surface area contributed by atoms with Gasteiger partial charge in [0, 0.05) is 19.4 Å². The van der Waals surface area contributed by atoms with Crippen LogP contribution in [0.15, 0.2) is 4.52 Å². The SMILES string of the molecule is CCCCc1noc([C@H](C)N[C@@H](C)c2nnc3n2CCCC3)n1. The number of aromatic nitrogens is 5. The average molecular weight is 318 g/mol. The first kappa shape index (κ1) is 16.1. The molecule has 0 unspecified atom stereocenters. The Hall–Kier alpha value is -1.76. The molecule has 0 bridgehead atoms. The third kappa shape index (κ3) is 3.60. The molecule has 0 spiro atoms. The molecular weight excluding hydrogens is 292 g/mol. The van der Waals surface area contributed by atoms with Crippen LogP contribution in [0.2, 0.25) is 0 Å². The number of aryl methyl sites for hydroxylation is 2. The molecule has 1 aliphatic rings. The summed E-state index contributed by atoms with van der Waals surface area (Å²) in [6.45, 7) is 7.32. The van der Waals surface area contributed by atoms with Crippen molar-refractivity contribution in [3.05, 3.63) is 23.4 Å². The van der Waals surface area contributed by atoms with E-state index in [4.69, 9.17) is 4.52 Å². The van der Waals surface area contributed by atoms with Gasteiger partial charge in [0.05, 0.1) is 12.1 Å². The maximum Gasteiger partial charge on any atom is 0.243 e. The first-order valence-corrected chi connectivity index (χ1v) is 8.69. The zero-order valence-electron chi connectivity index (χ0n) is 14.2. The van der Waals surface area contributed by atoms with E-state index >= 15 is 0 Å². The van der Waals surface area contributed by atoms with Gasteiger partial charge in [-0.15, -0.1) is 10.2 Å². The normalized spacial score (nSPS) is 17.0. The molecule has 2 aromatic rings. The zero-order chi connectivity index (χ0) is 16.2. The van der Waals surface area contributed by atoms with Crippen molar-refractivity contribution in [2.24, 2.45) is 0 Å². The minimum absolute atomic E-state index is 0.00980. The van der Waals surface area contributed by atoms with E-state index in [1.165, 1.54) is 12.8 Å². The first-order chi connectivity index (χ1) is 11.2. The van der Waals surface area contributed by atoms with E-state index in [9.17, 15) is 0 Å². The minimum Gasteiger partial charge on any atom is -0.338 e. The van der Waals surface area contributed by atoms with Gasteiger partial charge in [0.1, 0.15) is 11.6 Å². The van der Waals surface area contributed by atoms with Crippen molar-refractivity contribution in [1.29, 1.82) is 0 Å². The molecule has 0 aliphatic carbocycles. The third-order valence-electron chi connectivity index (χ3n) is 4.38. The van der Waals surface area contributed by atoms with Crippen molar-refractivity contribution in [2.75, 3.05) is 0 Å². The highest BCUT2D eigenvalue weighted by Gasteiger charge is 2.23. The minimum atomic E-state index is -0.00980. The Morgan fingerprint density at radius 3 is 2.91 bits per heavy atom. The van der Waals surface area contributed by atoms with Crippen LogP contribution in [0.5, 0.6) is 0 Å². The van der Waals surface area contributed by atoms with Crippen LogP contribution in [-0.2, 0) is 19.4 Å². The molecular formula is C16H26N6O. The molecule has 2 atom stereocenters. The Morgan fingerprint density at radius 2 is 2.09 bits per heavy atom. The van der Waals surface area contributed by atoms with Crippen LogP contribution in [0.25, 0.3) is 0 Å². The fourth-order valence-electron chi connectivity index (χ4n) is 3.05. The van der Waals surface area contributed by atoms with Crippen LogP contribution in [-0.4, -0.2) is 24.9 Å². The van der Waals surface area contributed by atoms with E-state index < -0.39 is 0 Å². The van der Waals surface area contributed by atoms with Gasteiger partial charge in [-0.2, -0.15) is 4.98 Å². The Bertz CT molecular complexity index is 634. The quantitative estimate of drug-likeness (QED) is 0.845. The lowest BCUT2D eigenvalue weighted by Crippen LogP contribution is -2.26. The maximum atomic E-state index is 5.39. The molecule has 7 nitrogen and oxygen atoms in total. The van der Waals surface area contributed by atoms with Gasteiger partial charge in [-0.05, 0) is 33.1 Å². The predicted molar refractivity (Wildman–Crippen MR) is 85.8 cm³/mol. The number of fused-ring (bicyclic) bond motifs is 1. The third-order valence-corrected chi connectivity index (χ3v) is 4.38. The second-order valence-electron chi connectivity index (χ2n) is 6.35. The summed E-state index contributed by atoms with van der Waals surface area (Å²) in [6.07, 6.45) is 6.53. The summed E-state index contributed by atoms with van der Waals surface area (Å²) in [5, 5.41) is 16.2. The van der Waals surface area contributed by atoms with Crippen molar-refractivity contribution in [3.63, 3.8) is 0 Å². The van der Waals surface area contributed by atoms with Crippen LogP contribution in [0.1, 0.15) is 81.9 Å². The van der Waals surface area contributed by atoms with Crippen LogP contribution in [0.4, 0.5) is 0 Å². The zero-order valence-corrected chi connectivity index (χ0v) is 14.2. The molecule has 0 amide bonds. The lowest BCUT2D eigenvalue weighted by Gasteiger charge is -2.20. The van der Waals surface area contributed by atoms with Crippen molar-refractivity contribution in [2.45, 2.75) is 77.9 Å². The van der Waals surface area contributed by atoms with E-state index in [0.717, 1.165) is 49.7 Å². The lowest BCUT2D eigenvalue weighted by molar-refractivity contribution is 0.320. The topological polar surface area (TPSA) is 81.7 Å². The number of hydrogen-bond acceptors (Lipinski definition) is 6. The summed E-state index contributed by atoms with van der Waals surface area (Å²) in [4.78, 5) is 4.49. The molecule has 23 heavy (non-hydrogen) atoms. The lowest BCUT2D eigenvalue weighted by atomic mass is 10.1. The van der Waals surface area contributed by atoms with E-state index in [2.05, 4.69) is 44.1 Å². The summed E-state index contributed by atoms with van der Waals surface area (Å²) in [5.41, 5.74) is 0. The first-order valence-electron chi connectivity index (χ1n) is 8.69. The van der Waals surface area contributed by atoms with Gasteiger partial charge in [-0.3, -0.25) is 5.32 Å². The second-order valence-corrected chi connectivity index (χ2v) is 6.35. The molecule has 1 aliphatic heterocycles. The Balaban J connectivity index is 1.64. The predicted octanol–water partition coefficient (Wildman–Crippen LogP) is 2.75. The number of rotatable bonds is 7. The van der Waals surface area contributed by atoms with Crippen LogP contribution in [0.3, 0.4) is 0 Å². The highest BCUT2D eigenvalue weighted by molar-refractivity contribution is 5.04. The highest BCUT2D eigenvalue weighted by Crippen LogP contribution is 2.21. The summed E-state index contributed by atoms with van der Waals surface area (Å²) in [5.74, 6) is 3.54. The number of nitrogens with zero attached hydrogens (tertiary/aromatic N) is 5. The molecule has 126 valence electrons. The largest absolute Gasteiger partial charge is 0.338 e. The van der Waals surface area contributed by atoms with Gasteiger partial charge in [-0.25, -0.2) is 0 Å². The molecule has 0 radical (unpaired) electrons. The van der Waals surface area contributed by atoms with Crippen molar-refractivity contribution in [3.8, 4) is 0 Å². The molecule has 2 aromatic heterocycles. The van der Waals surface area contributed by atoms with E-state index in [1.807, 2.05) is 6.92 Å². The van der Waals surface area contributed by atoms with Gasteiger partial charge in [0.25, 0.3) is 0 Å². The molecule has 1 N–H and O–H groups in total. The molecule has 0 aromatic carbocycles. The van der Waals surface area contributed by atoms with Gasteiger partial charge < -0.3 is 9.09 Å². The Kier molecular flexibility index (Phi) is 5.05. The van der Waals surface area contributed by atoms with Gasteiger partial charge >= 0.3 is 0 Å². The summed E-state index contributed by atoms with van der Waals surface area (Å²) >= 11 is 0. The molecule has 0 fully saturated rings. The summed E-state index contributed by atoms with van der Waals surface area (Å²) < 4.78 is 7.63. The van der Waals surface area contributed by atoms with Gasteiger partial charge in [0.15, 0.2) is 5.82 Å². The van der Waals surface area contributed by atoms with Crippen molar-refractivity contribution < 1.29 is 4.52 Å². The van der Waals surface area contributed by atoms with Crippen molar-refractivity contribution >= 4 is 0 Å². The van der Waals surface area contributed by atoms with Crippen LogP contribution >= 0.6 is 0 Å². The van der Waals surface area contributed by atoms with E-state index in [-0.39, 0.29) is 12.1 Å². The average Bonchev–Trinajstić information content (AvgIpc) is 3.19. The standard InChI is InChI=1S/C16H26N6O/c1-4-5-8-13-18-16(23-21-13)12(3)17-11(2)15-20-19-14-9-6-7-10-22(14)15/h11-12,17H,4-10H2,1-3H3/t11-,12-/m0/s1. The van der Waals surface area contributed by atoms with Gasteiger partial charge in [-0.1, -0.05) is 18.5 Å². The Morgan fingerprint density at radius 1 is 1.22 bits per heavy atom. The van der Waals surface area contributed by atoms with Crippen LogP contribution < -0.4 is 5.32 Å². The van der Waals surface area contributed by atoms with Crippen LogP contribution in [0, 0.1) is 0 Å². The molecule has 3 heterocycles. The summed E-state index contributed by atoms with van der Waals surface area (Å²) in [6, 6.07) is 0.0831. The second kappa shape index (κ2) is 7.21. The number of unbranched alkanes of at least 4 members (excludes halogenated alkanes) is 1. The fourth-order valence-corrected chi connectivity index (χ4v) is 3.05. The van der Waals surface area contributed by atoms with E-state index in [1.54, 1.807) is 0 Å². The monoisotopic (exact) mass is 318 g/mol.